The van der Waals surface area contributed by atoms with Crippen molar-refractivity contribution in [2.75, 3.05) is 5.32 Å². The maximum Gasteiger partial charge on any atom is 0.346 e. The fraction of sp³-hybridized carbons (Fsp3) is 0.308. The molecule has 1 atom stereocenters. The molecule has 0 amide bonds. The Labute approximate surface area is 120 Å². The highest BCUT2D eigenvalue weighted by atomic mass is 35.5. The molecule has 0 aliphatic heterocycles. The van der Waals surface area contributed by atoms with Gasteiger partial charge in [-0.05, 0) is 24.6 Å². The van der Waals surface area contributed by atoms with Gasteiger partial charge in [-0.3, -0.25) is 9.36 Å². The lowest BCUT2D eigenvalue weighted by molar-refractivity contribution is 0.601. The number of rotatable bonds is 3. The minimum Gasteiger partial charge on any atom is -0.358 e. The molecule has 1 unspecified atom stereocenters. The Hall–Kier alpha value is -2.08. The number of hydrogen-bond acceptors (Lipinski definition) is 4. The summed E-state index contributed by atoms with van der Waals surface area (Å²) in [4.78, 5) is 23.5. The van der Waals surface area contributed by atoms with Gasteiger partial charge in [0.25, 0.3) is 5.56 Å². The maximum absolute atomic E-state index is 12.0. The summed E-state index contributed by atoms with van der Waals surface area (Å²) in [5.74, 6) is 0.127. The van der Waals surface area contributed by atoms with Crippen LogP contribution < -0.4 is 16.6 Å². The van der Waals surface area contributed by atoms with Gasteiger partial charge in [0.15, 0.2) is 0 Å². The van der Waals surface area contributed by atoms with Crippen LogP contribution >= 0.6 is 11.6 Å². The quantitative estimate of drug-likeness (QED) is 0.926. The van der Waals surface area contributed by atoms with Crippen LogP contribution in [0.1, 0.15) is 18.5 Å². The van der Waals surface area contributed by atoms with E-state index in [0.29, 0.717) is 5.02 Å². The fourth-order valence-electron chi connectivity index (χ4n) is 1.85. The van der Waals surface area contributed by atoms with E-state index in [2.05, 4.69) is 10.4 Å². The zero-order chi connectivity index (χ0) is 14.9. The van der Waals surface area contributed by atoms with E-state index in [1.54, 1.807) is 6.07 Å². The van der Waals surface area contributed by atoms with Crippen molar-refractivity contribution in [2.45, 2.75) is 13.0 Å². The third-order valence-electron chi connectivity index (χ3n) is 3.02. The lowest BCUT2D eigenvalue weighted by Crippen LogP contribution is -2.40. The van der Waals surface area contributed by atoms with Crippen molar-refractivity contribution in [3.05, 3.63) is 55.7 Å². The van der Waals surface area contributed by atoms with Gasteiger partial charge in [0.1, 0.15) is 0 Å². The predicted molar refractivity (Wildman–Crippen MR) is 78.2 cm³/mol. The van der Waals surface area contributed by atoms with Crippen LogP contribution in [0.3, 0.4) is 0 Å². The predicted octanol–water partition coefficient (Wildman–Crippen LogP) is 1.31. The van der Waals surface area contributed by atoms with Crippen LogP contribution in [0.15, 0.2) is 33.9 Å². The first kappa shape index (κ1) is 14.3. The van der Waals surface area contributed by atoms with E-state index in [9.17, 15) is 9.59 Å². The summed E-state index contributed by atoms with van der Waals surface area (Å²) in [5, 5.41) is 7.57. The normalized spacial score (nSPS) is 12.2. The van der Waals surface area contributed by atoms with E-state index in [4.69, 9.17) is 11.6 Å². The molecule has 7 heteroatoms. The summed E-state index contributed by atoms with van der Waals surface area (Å²) in [5.41, 5.74) is 0.00754. The second-order valence-electron chi connectivity index (χ2n) is 4.54. The van der Waals surface area contributed by atoms with Gasteiger partial charge in [0.2, 0.25) is 5.82 Å². The van der Waals surface area contributed by atoms with Crippen LogP contribution in [0, 0.1) is 0 Å². The molecule has 0 spiro atoms. The fourth-order valence-corrected chi connectivity index (χ4v) is 2.05. The summed E-state index contributed by atoms with van der Waals surface area (Å²) < 4.78 is 2.13. The van der Waals surface area contributed by atoms with E-state index in [1.807, 2.05) is 25.1 Å². The Morgan fingerprint density at radius 1 is 1.30 bits per heavy atom. The Bertz CT molecular complexity index is 751. The molecule has 0 fully saturated rings. The Morgan fingerprint density at radius 2 is 2.00 bits per heavy atom. The molecule has 2 rings (SSSR count). The molecule has 2 aromatic rings. The molecule has 0 bridgehead atoms. The second-order valence-corrected chi connectivity index (χ2v) is 4.98. The Balaban J connectivity index is 2.36. The zero-order valence-corrected chi connectivity index (χ0v) is 12.2. The number of nitrogens with one attached hydrogen (secondary N) is 1. The molecular formula is C13H15ClN4O2. The largest absolute Gasteiger partial charge is 0.358 e. The number of anilines is 1. The number of aromatic nitrogens is 3. The van der Waals surface area contributed by atoms with Crippen molar-refractivity contribution in [1.29, 1.82) is 0 Å². The molecule has 0 radical (unpaired) electrons. The molecule has 20 heavy (non-hydrogen) atoms. The summed E-state index contributed by atoms with van der Waals surface area (Å²) in [7, 11) is 2.92. The summed E-state index contributed by atoms with van der Waals surface area (Å²) in [6, 6.07) is 7.16. The average molecular weight is 295 g/mol. The van der Waals surface area contributed by atoms with E-state index in [1.165, 1.54) is 14.1 Å². The summed E-state index contributed by atoms with van der Waals surface area (Å²) in [6.07, 6.45) is 0. The van der Waals surface area contributed by atoms with Crippen molar-refractivity contribution >= 4 is 17.4 Å². The lowest BCUT2D eigenvalue weighted by atomic mass is 10.1. The Kier molecular flexibility index (Phi) is 3.94. The van der Waals surface area contributed by atoms with Crippen molar-refractivity contribution in [1.82, 2.24) is 14.3 Å². The summed E-state index contributed by atoms with van der Waals surface area (Å²) >= 11 is 5.94. The average Bonchev–Trinajstić information content (AvgIpc) is 2.42. The lowest BCUT2D eigenvalue weighted by Gasteiger charge is -2.15. The van der Waals surface area contributed by atoms with Gasteiger partial charge in [-0.25, -0.2) is 9.48 Å². The summed E-state index contributed by atoms with van der Waals surface area (Å²) in [6.45, 7) is 1.89. The molecule has 0 saturated carbocycles. The SMILES string of the molecule is CC(Nc1nn(C)c(=O)n(C)c1=O)c1cccc(Cl)c1. The number of benzene rings is 1. The molecule has 1 aromatic heterocycles. The maximum atomic E-state index is 12.0. The van der Waals surface area contributed by atoms with Crippen LogP contribution in [-0.4, -0.2) is 14.3 Å². The van der Waals surface area contributed by atoms with Gasteiger partial charge in [0, 0.05) is 19.1 Å². The molecule has 0 saturated heterocycles. The van der Waals surface area contributed by atoms with Crippen LogP contribution in [0.4, 0.5) is 5.82 Å². The molecular weight excluding hydrogens is 280 g/mol. The molecule has 0 aliphatic carbocycles. The number of nitrogens with zero attached hydrogens (tertiary/aromatic N) is 3. The van der Waals surface area contributed by atoms with Crippen molar-refractivity contribution < 1.29 is 0 Å². The first-order chi connectivity index (χ1) is 9.40. The highest BCUT2D eigenvalue weighted by Crippen LogP contribution is 2.19. The van der Waals surface area contributed by atoms with E-state index >= 15 is 0 Å². The Morgan fingerprint density at radius 3 is 2.65 bits per heavy atom. The monoisotopic (exact) mass is 294 g/mol. The molecule has 1 N–H and O–H groups in total. The van der Waals surface area contributed by atoms with Crippen LogP contribution in [0.2, 0.25) is 5.02 Å². The van der Waals surface area contributed by atoms with Gasteiger partial charge < -0.3 is 5.32 Å². The van der Waals surface area contributed by atoms with Crippen LogP contribution in [-0.2, 0) is 14.1 Å². The minimum absolute atomic E-state index is 0.127. The second kappa shape index (κ2) is 5.50. The van der Waals surface area contributed by atoms with E-state index in [0.717, 1.165) is 14.8 Å². The molecule has 1 aromatic carbocycles. The van der Waals surface area contributed by atoms with Crippen molar-refractivity contribution in [3.8, 4) is 0 Å². The van der Waals surface area contributed by atoms with Crippen LogP contribution in [0.25, 0.3) is 0 Å². The minimum atomic E-state index is -0.462. The first-order valence-corrected chi connectivity index (χ1v) is 6.44. The smallest absolute Gasteiger partial charge is 0.346 e. The van der Waals surface area contributed by atoms with Crippen molar-refractivity contribution in [3.63, 3.8) is 0 Å². The van der Waals surface area contributed by atoms with Gasteiger partial charge >= 0.3 is 5.69 Å². The van der Waals surface area contributed by atoms with Gasteiger partial charge in [0.05, 0.1) is 6.04 Å². The highest BCUT2D eigenvalue weighted by Gasteiger charge is 2.12. The third-order valence-corrected chi connectivity index (χ3v) is 3.26. The standard InChI is InChI=1S/C13H15ClN4O2/c1-8(9-5-4-6-10(14)7-9)15-11-12(19)17(2)13(20)18(3)16-11/h4-8H,1-3H3,(H,15,16). The van der Waals surface area contributed by atoms with Gasteiger partial charge in [-0.15, -0.1) is 5.10 Å². The molecule has 106 valence electrons. The zero-order valence-electron chi connectivity index (χ0n) is 11.4. The number of aryl methyl sites for hydroxylation is 1. The highest BCUT2D eigenvalue weighted by molar-refractivity contribution is 6.30. The molecule has 0 aliphatic rings. The molecule has 1 heterocycles. The third kappa shape index (κ3) is 2.75. The topological polar surface area (TPSA) is 68.9 Å². The van der Waals surface area contributed by atoms with Gasteiger partial charge in [-0.1, -0.05) is 23.7 Å². The first-order valence-electron chi connectivity index (χ1n) is 6.06. The number of halogens is 1. The van der Waals surface area contributed by atoms with Crippen molar-refractivity contribution in [2.24, 2.45) is 14.1 Å². The van der Waals surface area contributed by atoms with Gasteiger partial charge in [-0.2, -0.15) is 0 Å². The van der Waals surface area contributed by atoms with E-state index in [-0.39, 0.29) is 11.9 Å². The number of hydrogen-bond donors (Lipinski definition) is 1. The van der Waals surface area contributed by atoms with Crippen LogP contribution in [0.5, 0.6) is 0 Å². The molecule has 6 nitrogen and oxygen atoms in total. The van der Waals surface area contributed by atoms with E-state index < -0.39 is 11.2 Å².